The molecule has 1 amide bonds. The van der Waals surface area contributed by atoms with Crippen molar-refractivity contribution in [2.45, 2.75) is 20.3 Å². The van der Waals surface area contributed by atoms with Crippen LogP contribution in [0.1, 0.15) is 20.3 Å². The van der Waals surface area contributed by atoms with E-state index in [0.717, 1.165) is 19.5 Å². The monoisotopic (exact) mass is 158 g/mol. The van der Waals surface area contributed by atoms with Crippen LogP contribution in [0.3, 0.4) is 0 Å². The Bertz CT molecular complexity index is 115. The van der Waals surface area contributed by atoms with Gasteiger partial charge in [-0.2, -0.15) is 0 Å². The third kappa shape index (κ3) is 4.79. The second-order valence-corrected chi connectivity index (χ2v) is 2.58. The number of carbonyl (C=O) groups is 1. The van der Waals surface area contributed by atoms with Crippen LogP contribution in [0.15, 0.2) is 0 Å². The molecular formula is C8H18N2O. The molecule has 0 spiro atoms. The van der Waals surface area contributed by atoms with Gasteiger partial charge < -0.3 is 10.2 Å². The van der Waals surface area contributed by atoms with Gasteiger partial charge in [0.1, 0.15) is 0 Å². The van der Waals surface area contributed by atoms with E-state index < -0.39 is 0 Å². The molecule has 1 N–H and O–H groups in total. The highest BCUT2D eigenvalue weighted by Crippen LogP contribution is 1.81. The van der Waals surface area contributed by atoms with Crippen LogP contribution in [0.2, 0.25) is 0 Å². The van der Waals surface area contributed by atoms with E-state index >= 15 is 0 Å². The lowest BCUT2D eigenvalue weighted by Crippen LogP contribution is -2.35. The van der Waals surface area contributed by atoms with Crippen molar-refractivity contribution in [1.29, 1.82) is 0 Å². The average Bonchev–Trinajstić information content (AvgIpc) is 2.03. The highest BCUT2D eigenvalue weighted by atomic mass is 16.2. The zero-order valence-electron chi connectivity index (χ0n) is 7.68. The fourth-order valence-electron chi connectivity index (χ4n) is 0.683. The molecule has 0 heterocycles. The number of likely N-dealkylation sites (N-methyl/N-ethyl adjacent to an activating group) is 1. The molecule has 0 saturated carbocycles. The summed E-state index contributed by atoms with van der Waals surface area (Å²) >= 11 is 0. The first-order valence-electron chi connectivity index (χ1n) is 4.17. The van der Waals surface area contributed by atoms with Gasteiger partial charge in [-0.25, -0.2) is 0 Å². The number of nitrogens with one attached hydrogen (secondary N) is 1. The summed E-state index contributed by atoms with van der Waals surface area (Å²) in [5, 5.41) is 3.06. The van der Waals surface area contributed by atoms with Crippen molar-refractivity contribution in [3.8, 4) is 0 Å². The maximum absolute atomic E-state index is 11.1. The molecule has 0 fully saturated rings. The third-order valence-electron chi connectivity index (χ3n) is 1.60. The molecule has 0 saturated heterocycles. The second-order valence-electron chi connectivity index (χ2n) is 2.58. The van der Waals surface area contributed by atoms with Crippen LogP contribution in [-0.2, 0) is 4.79 Å². The van der Waals surface area contributed by atoms with Gasteiger partial charge in [-0.1, -0.05) is 6.92 Å². The Morgan fingerprint density at radius 1 is 1.45 bits per heavy atom. The van der Waals surface area contributed by atoms with Gasteiger partial charge in [0, 0.05) is 13.6 Å². The standard InChI is InChI=1S/C8H18N2O/c1-4-6-9-7-8(11)10(3)5-2/h9H,4-7H2,1-3H3. The van der Waals surface area contributed by atoms with Crippen LogP contribution in [0.5, 0.6) is 0 Å². The quantitative estimate of drug-likeness (QED) is 0.590. The Morgan fingerprint density at radius 2 is 2.09 bits per heavy atom. The lowest BCUT2D eigenvalue weighted by molar-refractivity contribution is -0.128. The van der Waals surface area contributed by atoms with Crippen LogP contribution >= 0.6 is 0 Å². The Balaban J connectivity index is 3.36. The number of carbonyl (C=O) groups excluding carboxylic acids is 1. The summed E-state index contributed by atoms with van der Waals surface area (Å²) in [7, 11) is 1.82. The molecule has 0 bridgehead atoms. The van der Waals surface area contributed by atoms with Gasteiger partial charge >= 0.3 is 0 Å². The lowest BCUT2D eigenvalue weighted by Gasteiger charge is -2.14. The van der Waals surface area contributed by atoms with Crippen molar-refractivity contribution in [3.05, 3.63) is 0 Å². The first-order chi connectivity index (χ1) is 5.22. The van der Waals surface area contributed by atoms with E-state index in [9.17, 15) is 4.79 Å². The van der Waals surface area contributed by atoms with E-state index in [1.165, 1.54) is 0 Å². The molecular weight excluding hydrogens is 140 g/mol. The van der Waals surface area contributed by atoms with Crippen molar-refractivity contribution in [2.75, 3.05) is 26.7 Å². The fourth-order valence-corrected chi connectivity index (χ4v) is 0.683. The van der Waals surface area contributed by atoms with Crippen LogP contribution in [0.25, 0.3) is 0 Å². The van der Waals surface area contributed by atoms with Gasteiger partial charge in [0.15, 0.2) is 0 Å². The molecule has 0 atom stereocenters. The summed E-state index contributed by atoms with van der Waals surface area (Å²) < 4.78 is 0. The smallest absolute Gasteiger partial charge is 0.236 e. The van der Waals surface area contributed by atoms with E-state index in [2.05, 4.69) is 12.2 Å². The van der Waals surface area contributed by atoms with E-state index in [-0.39, 0.29) is 5.91 Å². The highest BCUT2D eigenvalue weighted by Gasteiger charge is 2.03. The van der Waals surface area contributed by atoms with Crippen LogP contribution in [-0.4, -0.2) is 37.5 Å². The fraction of sp³-hybridized carbons (Fsp3) is 0.875. The number of nitrogens with zero attached hydrogens (tertiary/aromatic N) is 1. The van der Waals surface area contributed by atoms with E-state index in [4.69, 9.17) is 0 Å². The van der Waals surface area contributed by atoms with Gasteiger partial charge in [0.25, 0.3) is 0 Å². The van der Waals surface area contributed by atoms with Gasteiger partial charge in [0.05, 0.1) is 6.54 Å². The molecule has 0 radical (unpaired) electrons. The summed E-state index contributed by atoms with van der Waals surface area (Å²) in [6.07, 6.45) is 1.07. The highest BCUT2D eigenvalue weighted by molar-refractivity contribution is 5.77. The molecule has 66 valence electrons. The molecule has 3 heteroatoms. The summed E-state index contributed by atoms with van der Waals surface area (Å²) in [5.41, 5.74) is 0. The Morgan fingerprint density at radius 3 is 2.55 bits per heavy atom. The lowest BCUT2D eigenvalue weighted by atomic mass is 10.4. The average molecular weight is 158 g/mol. The number of rotatable bonds is 5. The number of hydrogen-bond acceptors (Lipinski definition) is 2. The third-order valence-corrected chi connectivity index (χ3v) is 1.60. The van der Waals surface area contributed by atoms with Crippen molar-refractivity contribution < 1.29 is 4.79 Å². The number of amides is 1. The molecule has 0 unspecified atom stereocenters. The van der Waals surface area contributed by atoms with Gasteiger partial charge in [-0.3, -0.25) is 4.79 Å². The van der Waals surface area contributed by atoms with E-state index in [0.29, 0.717) is 6.54 Å². The molecule has 0 rings (SSSR count). The van der Waals surface area contributed by atoms with Gasteiger partial charge in [-0.05, 0) is 19.9 Å². The molecule has 0 aliphatic rings. The predicted octanol–water partition coefficient (Wildman–Crippen LogP) is 0.464. The molecule has 0 aromatic carbocycles. The maximum Gasteiger partial charge on any atom is 0.236 e. The summed E-state index contributed by atoms with van der Waals surface area (Å²) in [6.45, 7) is 6.23. The molecule has 0 aromatic heterocycles. The van der Waals surface area contributed by atoms with Crippen LogP contribution in [0, 0.1) is 0 Å². The summed E-state index contributed by atoms with van der Waals surface area (Å²) in [5.74, 6) is 0.168. The minimum absolute atomic E-state index is 0.168. The van der Waals surface area contributed by atoms with E-state index in [1.54, 1.807) is 4.90 Å². The zero-order chi connectivity index (χ0) is 8.69. The topological polar surface area (TPSA) is 32.3 Å². The first-order valence-corrected chi connectivity index (χ1v) is 4.17. The number of hydrogen-bond donors (Lipinski definition) is 1. The minimum Gasteiger partial charge on any atom is -0.345 e. The predicted molar refractivity (Wildman–Crippen MR) is 46.5 cm³/mol. The Hall–Kier alpha value is -0.570. The molecule has 3 nitrogen and oxygen atoms in total. The van der Waals surface area contributed by atoms with E-state index in [1.807, 2.05) is 14.0 Å². The van der Waals surface area contributed by atoms with Crippen molar-refractivity contribution in [1.82, 2.24) is 10.2 Å². The normalized spacial score (nSPS) is 9.73. The maximum atomic E-state index is 11.1. The van der Waals surface area contributed by atoms with Crippen LogP contribution < -0.4 is 5.32 Å². The molecule has 0 aliphatic heterocycles. The molecule has 0 aliphatic carbocycles. The van der Waals surface area contributed by atoms with Crippen molar-refractivity contribution in [3.63, 3.8) is 0 Å². The van der Waals surface area contributed by atoms with Gasteiger partial charge in [-0.15, -0.1) is 0 Å². The summed E-state index contributed by atoms with van der Waals surface area (Å²) in [6, 6.07) is 0. The Labute approximate surface area is 68.8 Å². The second kappa shape index (κ2) is 6.16. The minimum atomic E-state index is 0.168. The van der Waals surface area contributed by atoms with Gasteiger partial charge in [0.2, 0.25) is 5.91 Å². The Kier molecular flexibility index (Phi) is 5.84. The first kappa shape index (κ1) is 10.4. The largest absolute Gasteiger partial charge is 0.345 e. The summed E-state index contributed by atoms with van der Waals surface area (Å²) in [4.78, 5) is 12.8. The molecule has 0 aromatic rings. The molecule has 11 heavy (non-hydrogen) atoms. The SMILES string of the molecule is CCCNCC(=O)N(C)CC. The van der Waals surface area contributed by atoms with Crippen LogP contribution in [0.4, 0.5) is 0 Å². The van der Waals surface area contributed by atoms with Crippen molar-refractivity contribution >= 4 is 5.91 Å². The van der Waals surface area contributed by atoms with Crippen molar-refractivity contribution in [2.24, 2.45) is 0 Å². The zero-order valence-corrected chi connectivity index (χ0v) is 7.68.